The van der Waals surface area contributed by atoms with Crippen molar-refractivity contribution >= 4 is 23.3 Å². The second-order valence-electron chi connectivity index (χ2n) is 7.26. The van der Waals surface area contributed by atoms with Crippen LogP contribution in [-0.4, -0.2) is 54.0 Å². The van der Waals surface area contributed by atoms with E-state index < -0.39 is 17.6 Å². The van der Waals surface area contributed by atoms with Gasteiger partial charge in [-0.3, -0.25) is 9.36 Å². The maximum atomic E-state index is 12.9. The van der Waals surface area contributed by atoms with Crippen molar-refractivity contribution < 1.29 is 32.5 Å². The van der Waals surface area contributed by atoms with Crippen LogP contribution in [0.5, 0.6) is 11.8 Å². The molecule has 0 spiro atoms. The fourth-order valence-electron chi connectivity index (χ4n) is 3.17. The smallest absolute Gasteiger partial charge is 0.416 e. The minimum atomic E-state index is -4.47. The Bertz CT molecular complexity index is 1140. The van der Waals surface area contributed by atoms with Gasteiger partial charge in [-0.05, 0) is 35.9 Å². The van der Waals surface area contributed by atoms with Crippen LogP contribution in [0.15, 0.2) is 48.5 Å². The Labute approximate surface area is 204 Å². The highest BCUT2D eigenvalue weighted by Gasteiger charge is 2.30. The lowest BCUT2D eigenvalue weighted by Crippen LogP contribution is -2.29. The number of carbonyl (C=O) groups is 1. The van der Waals surface area contributed by atoms with Gasteiger partial charge in [0.2, 0.25) is 0 Å². The predicted molar refractivity (Wildman–Crippen MR) is 124 cm³/mol. The number of aliphatic hydroxyl groups is 1. The first-order chi connectivity index (χ1) is 16.7. The number of halogens is 4. The maximum Gasteiger partial charge on any atom is 0.416 e. The molecule has 8 nitrogen and oxygen atoms in total. The van der Waals surface area contributed by atoms with E-state index in [9.17, 15) is 18.0 Å². The van der Waals surface area contributed by atoms with Gasteiger partial charge in [0.25, 0.3) is 11.9 Å². The average Bonchev–Trinajstić information content (AvgIpc) is 3.18. The first-order valence-electron chi connectivity index (χ1n) is 10.6. The first-order valence-corrected chi connectivity index (χ1v) is 11.0. The second-order valence-corrected chi connectivity index (χ2v) is 7.69. The number of aromatic nitrogens is 2. The molecule has 3 aromatic rings. The summed E-state index contributed by atoms with van der Waals surface area (Å²) in [6.45, 7) is -0.0698. The zero-order chi connectivity index (χ0) is 25.4. The molecule has 0 aliphatic rings. The predicted octanol–water partition coefficient (Wildman–Crippen LogP) is 3.83. The molecular weight excluding hydrogens is 489 g/mol. The first kappa shape index (κ1) is 26.2. The Morgan fingerprint density at radius 1 is 1.14 bits per heavy atom. The van der Waals surface area contributed by atoms with E-state index in [1.165, 1.54) is 12.1 Å². The summed E-state index contributed by atoms with van der Waals surface area (Å²) in [4.78, 5) is 17.1. The summed E-state index contributed by atoms with van der Waals surface area (Å²) in [5.41, 5.74) is 0.187. The van der Waals surface area contributed by atoms with Crippen molar-refractivity contribution in [2.45, 2.75) is 12.7 Å². The normalized spacial score (nSPS) is 11.3. The standard InChI is InChI=1S/C23H24ClF3N4O4/c1-28-20-19(21(33)29-9-10-32)31(14-15-5-7-17(24)8-6-15)22(30-20)35-12-11-34-18-4-2-3-16(13-18)23(25,26)27/h2-8,13,28,32H,9-12,14H2,1H3,(H,29,33). The number of anilines is 1. The number of nitrogens with one attached hydrogen (secondary N) is 2. The minimum absolute atomic E-state index is 0.0469. The Kier molecular flexibility index (Phi) is 8.83. The fraction of sp³-hybridized carbons (Fsp3) is 0.304. The molecule has 0 fully saturated rings. The van der Waals surface area contributed by atoms with Crippen molar-refractivity contribution in [3.05, 3.63) is 70.4 Å². The molecule has 0 saturated carbocycles. The lowest BCUT2D eigenvalue weighted by molar-refractivity contribution is -0.137. The van der Waals surface area contributed by atoms with Crippen molar-refractivity contribution in [1.29, 1.82) is 0 Å². The number of amides is 1. The van der Waals surface area contributed by atoms with Gasteiger partial charge in [0.05, 0.1) is 18.7 Å². The lowest BCUT2D eigenvalue weighted by Gasteiger charge is -2.14. The highest BCUT2D eigenvalue weighted by Crippen LogP contribution is 2.31. The van der Waals surface area contributed by atoms with Crippen LogP contribution < -0.4 is 20.1 Å². The molecule has 1 heterocycles. The van der Waals surface area contributed by atoms with Crippen LogP contribution in [0.25, 0.3) is 0 Å². The highest BCUT2D eigenvalue weighted by atomic mass is 35.5. The average molecular weight is 513 g/mol. The zero-order valence-electron chi connectivity index (χ0n) is 18.7. The van der Waals surface area contributed by atoms with Gasteiger partial charge < -0.3 is 25.2 Å². The number of nitrogens with zero attached hydrogens (tertiary/aromatic N) is 2. The van der Waals surface area contributed by atoms with Crippen molar-refractivity contribution in [2.24, 2.45) is 0 Å². The fourth-order valence-corrected chi connectivity index (χ4v) is 3.30. The number of alkyl halides is 3. The van der Waals surface area contributed by atoms with E-state index in [2.05, 4.69) is 15.6 Å². The summed E-state index contributed by atoms with van der Waals surface area (Å²) in [7, 11) is 1.60. The second kappa shape index (κ2) is 11.8. The van der Waals surface area contributed by atoms with E-state index in [1.54, 1.807) is 35.9 Å². The molecule has 0 aliphatic heterocycles. The van der Waals surface area contributed by atoms with Gasteiger partial charge in [-0.15, -0.1) is 0 Å². The summed E-state index contributed by atoms with van der Waals surface area (Å²) in [5, 5.41) is 15.1. The third-order valence-corrected chi connectivity index (χ3v) is 5.03. The number of ether oxygens (including phenoxy) is 2. The summed E-state index contributed by atoms with van der Waals surface area (Å²) in [6, 6.07) is 11.6. The molecule has 35 heavy (non-hydrogen) atoms. The Morgan fingerprint density at radius 3 is 2.51 bits per heavy atom. The van der Waals surface area contributed by atoms with E-state index in [0.717, 1.165) is 17.7 Å². The molecule has 12 heteroatoms. The largest absolute Gasteiger partial charge is 0.490 e. The number of carbonyl (C=O) groups excluding carboxylic acids is 1. The molecule has 1 amide bonds. The SMILES string of the molecule is CNc1nc(OCCOc2cccc(C(F)(F)F)c2)n(Cc2ccc(Cl)cc2)c1C(=O)NCCO. The van der Waals surface area contributed by atoms with E-state index in [-0.39, 0.29) is 56.2 Å². The van der Waals surface area contributed by atoms with Crippen LogP contribution >= 0.6 is 11.6 Å². The summed E-state index contributed by atoms with van der Waals surface area (Å²) in [6.07, 6.45) is -4.47. The maximum absolute atomic E-state index is 12.9. The summed E-state index contributed by atoms with van der Waals surface area (Å²) in [5.74, 6) is -0.170. The molecule has 0 unspecified atom stereocenters. The van der Waals surface area contributed by atoms with E-state index >= 15 is 0 Å². The molecule has 3 N–H and O–H groups in total. The van der Waals surface area contributed by atoms with Gasteiger partial charge in [-0.2, -0.15) is 18.2 Å². The number of aliphatic hydroxyl groups excluding tert-OH is 1. The number of hydrogen-bond acceptors (Lipinski definition) is 6. The molecule has 0 aliphatic carbocycles. The third kappa shape index (κ3) is 7.03. The van der Waals surface area contributed by atoms with Crippen molar-refractivity contribution in [3.8, 4) is 11.8 Å². The van der Waals surface area contributed by atoms with E-state index in [4.69, 9.17) is 26.2 Å². The van der Waals surface area contributed by atoms with Gasteiger partial charge in [0.1, 0.15) is 19.0 Å². The topological polar surface area (TPSA) is 97.6 Å². The van der Waals surface area contributed by atoms with Gasteiger partial charge in [-0.25, -0.2) is 0 Å². The molecule has 3 rings (SSSR count). The van der Waals surface area contributed by atoms with Crippen LogP contribution in [0.3, 0.4) is 0 Å². The van der Waals surface area contributed by atoms with Crippen LogP contribution in [0, 0.1) is 0 Å². The highest BCUT2D eigenvalue weighted by molar-refractivity contribution is 6.30. The number of rotatable bonds is 11. The van der Waals surface area contributed by atoms with E-state index in [0.29, 0.717) is 5.02 Å². The summed E-state index contributed by atoms with van der Waals surface area (Å²) < 4.78 is 51.4. The molecule has 0 radical (unpaired) electrons. The molecule has 2 aromatic carbocycles. The van der Waals surface area contributed by atoms with Crippen molar-refractivity contribution in [3.63, 3.8) is 0 Å². The van der Waals surface area contributed by atoms with Crippen molar-refractivity contribution in [1.82, 2.24) is 14.9 Å². The van der Waals surface area contributed by atoms with Gasteiger partial charge >= 0.3 is 6.18 Å². The van der Waals surface area contributed by atoms with Crippen LogP contribution in [-0.2, 0) is 12.7 Å². The number of hydrogen-bond donors (Lipinski definition) is 3. The molecule has 1 aromatic heterocycles. The molecule has 0 bridgehead atoms. The number of imidazole rings is 1. The van der Waals surface area contributed by atoms with Crippen molar-refractivity contribution in [2.75, 3.05) is 38.7 Å². The number of benzene rings is 2. The minimum Gasteiger partial charge on any atom is -0.490 e. The van der Waals surface area contributed by atoms with Gasteiger partial charge in [0, 0.05) is 18.6 Å². The van der Waals surface area contributed by atoms with E-state index in [1.807, 2.05) is 0 Å². The Hall–Kier alpha value is -3.44. The molecule has 188 valence electrons. The third-order valence-electron chi connectivity index (χ3n) is 4.78. The van der Waals surface area contributed by atoms with Crippen LogP contribution in [0.2, 0.25) is 5.02 Å². The molecule has 0 saturated heterocycles. The van der Waals surface area contributed by atoms with Gasteiger partial charge in [-0.1, -0.05) is 29.8 Å². The molecule has 0 atom stereocenters. The zero-order valence-corrected chi connectivity index (χ0v) is 19.5. The Morgan fingerprint density at radius 2 is 1.86 bits per heavy atom. The quantitative estimate of drug-likeness (QED) is 0.338. The monoisotopic (exact) mass is 512 g/mol. The van der Waals surface area contributed by atoms with Crippen LogP contribution in [0.1, 0.15) is 21.6 Å². The van der Waals surface area contributed by atoms with Gasteiger partial charge in [0.15, 0.2) is 11.5 Å². The molecular formula is C23H24ClF3N4O4. The lowest BCUT2D eigenvalue weighted by atomic mass is 10.2. The Balaban J connectivity index is 1.78. The summed E-state index contributed by atoms with van der Waals surface area (Å²) >= 11 is 5.96. The van der Waals surface area contributed by atoms with Crippen LogP contribution in [0.4, 0.5) is 19.0 Å².